The van der Waals surface area contributed by atoms with Gasteiger partial charge in [-0.1, -0.05) is 45.9 Å². The first-order valence-electron chi connectivity index (χ1n) is 7.58. The van der Waals surface area contributed by atoms with Crippen LogP contribution in [0.3, 0.4) is 0 Å². The number of benzene rings is 1. The average Bonchev–Trinajstić information content (AvgIpc) is 2.35. The quantitative estimate of drug-likeness (QED) is 0.781. The molecule has 1 aromatic carbocycles. The first-order valence-corrected chi connectivity index (χ1v) is 7.58. The SMILES string of the molecule is CNC(CN(CC(C)C)CC(C)C)c1ccccc1F. The Balaban J connectivity index is 2.80. The molecule has 0 saturated carbocycles. The van der Waals surface area contributed by atoms with Gasteiger partial charge in [0.1, 0.15) is 5.82 Å². The van der Waals surface area contributed by atoms with E-state index in [1.54, 1.807) is 6.07 Å². The van der Waals surface area contributed by atoms with Crippen molar-refractivity contribution in [2.24, 2.45) is 11.8 Å². The second-order valence-electron chi connectivity index (χ2n) is 6.37. The Kier molecular flexibility index (Phi) is 7.17. The van der Waals surface area contributed by atoms with Gasteiger partial charge >= 0.3 is 0 Å². The first-order chi connectivity index (χ1) is 9.43. The van der Waals surface area contributed by atoms with Gasteiger partial charge in [0.2, 0.25) is 0 Å². The van der Waals surface area contributed by atoms with Crippen LogP contribution in [0.25, 0.3) is 0 Å². The number of nitrogens with one attached hydrogen (secondary N) is 1. The summed E-state index contributed by atoms with van der Waals surface area (Å²) in [6, 6.07) is 7.09. The van der Waals surface area contributed by atoms with E-state index in [4.69, 9.17) is 0 Å². The van der Waals surface area contributed by atoms with Crippen molar-refractivity contribution in [3.63, 3.8) is 0 Å². The maximum absolute atomic E-state index is 13.9. The summed E-state index contributed by atoms with van der Waals surface area (Å²) < 4.78 is 13.9. The summed E-state index contributed by atoms with van der Waals surface area (Å²) in [6.45, 7) is 11.8. The summed E-state index contributed by atoms with van der Waals surface area (Å²) >= 11 is 0. The number of hydrogen-bond donors (Lipinski definition) is 1. The van der Waals surface area contributed by atoms with Gasteiger partial charge in [0, 0.05) is 31.2 Å². The molecule has 1 unspecified atom stereocenters. The lowest BCUT2D eigenvalue weighted by Crippen LogP contribution is -2.38. The Morgan fingerprint density at radius 3 is 2.00 bits per heavy atom. The van der Waals surface area contributed by atoms with Crippen LogP contribution in [0, 0.1) is 17.7 Å². The number of likely N-dealkylation sites (N-methyl/N-ethyl adjacent to an activating group) is 1. The Hall–Kier alpha value is -0.930. The minimum Gasteiger partial charge on any atom is -0.312 e. The monoisotopic (exact) mass is 280 g/mol. The van der Waals surface area contributed by atoms with Crippen molar-refractivity contribution in [1.29, 1.82) is 0 Å². The van der Waals surface area contributed by atoms with Gasteiger partial charge in [-0.2, -0.15) is 0 Å². The van der Waals surface area contributed by atoms with Crippen LogP contribution in [0.15, 0.2) is 24.3 Å². The van der Waals surface area contributed by atoms with Crippen molar-refractivity contribution in [2.75, 3.05) is 26.7 Å². The van der Waals surface area contributed by atoms with Crippen LogP contribution in [0.2, 0.25) is 0 Å². The van der Waals surface area contributed by atoms with E-state index >= 15 is 0 Å². The normalized spacial score (nSPS) is 13.4. The van der Waals surface area contributed by atoms with Crippen molar-refractivity contribution >= 4 is 0 Å². The number of halogens is 1. The molecule has 0 aromatic heterocycles. The molecule has 0 aliphatic carbocycles. The molecule has 3 heteroatoms. The molecule has 0 spiro atoms. The Morgan fingerprint density at radius 2 is 1.55 bits per heavy atom. The van der Waals surface area contributed by atoms with Gasteiger partial charge in [-0.3, -0.25) is 0 Å². The minimum absolute atomic E-state index is 0.0358. The van der Waals surface area contributed by atoms with Gasteiger partial charge in [0.15, 0.2) is 0 Å². The summed E-state index contributed by atoms with van der Waals surface area (Å²) in [5.41, 5.74) is 0.757. The molecule has 20 heavy (non-hydrogen) atoms. The lowest BCUT2D eigenvalue weighted by Gasteiger charge is -2.30. The summed E-state index contributed by atoms with van der Waals surface area (Å²) in [5.74, 6) is 1.11. The van der Waals surface area contributed by atoms with E-state index in [1.165, 1.54) is 6.07 Å². The van der Waals surface area contributed by atoms with Gasteiger partial charge < -0.3 is 10.2 Å². The molecular formula is C17H29FN2. The fourth-order valence-electron chi connectivity index (χ4n) is 2.62. The summed E-state index contributed by atoms with van der Waals surface area (Å²) in [4.78, 5) is 2.43. The molecule has 0 aliphatic heterocycles. The van der Waals surface area contributed by atoms with Gasteiger partial charge in [-0.15, -0.1) is 0 Å². The smallest absolute Gasteiger partial charge is 0.128 e. The third-order valence-electron chi connectivity index (χ3n) is 3.32. The van der Waals surface area contributed by atoms with Gasteiger partial charge in [-0.25, -0.2) is 4.39 Å². The van der Waals surface area contributed by atoms with Crippen molar-refractivity contribution in [2.45, 2.75) is 33.7 Å². The van der Waals surface area contributed by atoms with E-state index in [0.29, 0.717) is 11.8 Å². The first kappa shape index (κ1) is 17.1. The number of hydrogen-bond acceptors (Lipinski definition) is 2. The highest BCUT2D eigenvalue weighted by atomic mass is 19.1. The molecule has 1 rings (SSSR count). The van der Waals surface area contributed by atoms with Crippen molar-refractivity contribution in [3.8, 4) is 0 Å². The summed E-state index contributed by atoms with van der Waals surface area (Å²) in [5, 5.41) is 3.25. The van der Waals surface area contributed by atoms with E-state index in [0.717, 1.165) is 25.2 Å². The molecule has 0 amide bonds. The molecule has 1 N–H and O–H groups in total. The lowest BCUT2D eigenvalue weighted by atomic mass is 10.0. The van der Waals surface area contributed by atoms with Crippen LogP contribution < -0.4 is 5.32 Å². The molecular weight excluding hydrogens is 251 g/mol. The molecule has 1 atom stereocenters. The van der Waals surface area contributed by atoms with Crippen molar-refractivity contribution < 1.29 is 4.39 Å². The Morgan fingerprint density at radius 1 is 1.00 bits per heavy atom. The average molecular weight is 280 g/mol. The highest BCUT2D eigenvalue weighted by Crippen LogP contribution is 2.19. The van der Waals surface area contributed by atoms with E-state index in [9.17, 15) is 4.39 Å². The molecule has 114 valence electrons. The fourth-order valence-corrected chi connectivity index (χ4v) is 2.62. The topological polar surface area (TPSA) is 15.3 Å². The third-order valence-corrected chi connectivity index (χ3v) is 3.32. The molecule has 2 nitrogen and oxygen atoms in total. The zero-order valence-corrected chi connectivity index (χ0v) is 13.5. The largest absolute Gasteiger partial charge is 0.312 e. The van der Waals surface area contributed by atoms with Gasteiger partial charge in [0.05, 0.1) is 0 Å². The van der Waals surface area contributed by atoms with Crippen LogP contribution in [-0.2, 0) is 0 Å². The van der Waals surface area contributed by atoms with Crippen LogP contribution in [0.5, 0.6) is 0 Å². The Labute approximate surface area is 123 Å². The summed E-state index contributed by atoms with van der Waals surface area (Å²) in [6.07, 6.45) is 0. The van der Waals surface area contributed by atoms with Crippen molar-refractivity contribution in [3.05, 3.63) is 35.6 Å². The Bertz CT molecular complexity index is 380. The predicted octanol–water partition coefficient (Wildman–Crippen LogP) is 3.70. The maximum atomic E-state index is 13.9. The zero-order chi connectivity index (χ0) is 15.1. The van der Waals surface area contributed by atoms with Crippen LogP contribution in [0.4, 0.5) is 4.39 Å². The lowest BCUT2D eigenvalue weighted by molar-refractivity contribution is 0.198. The van der Waals surface area contributed by atoms with Crippen molar-refractivity contribution in [1.82, 2.24) is 10.2 Å². The van der Waals surface area contributed by atoms with Crippen LogP contribution in [-0.4, -0.2) is 31.6 Å². The molecule has 0 radical (unpaired) electrons. The summed E-state index contributed by atoms with van der Waals surface area (Å²) in [7, 11) is 1.90. The number of rotatable bonds is 8. The van der Waals surface area contributed by atoms with E-state index in [-0.39, 0.29) is 11.9 Å². The molecule has 1 aromatic rings. The fraction of sp³-hybridized carbons (Fsp3) is 0.647. The molecule has 0 saturated heterocycles. The maximum Gasteiger partial charge on any atom is 0.128 e. The minimum atomic E-state index is -0.124. The van der Waals surface area contributed by atoms with Gasteiger partial charge in [-0.05, 0) is 24.9 Å². The second kappa shape index (κ2) is 8.38. The van der Waals surface area contributed by atoms with E-state index in [1.807, 2.05) is 19.2 Å². The molecule has 0 bridgehead atoms. The molecule has 0 fully saturated rings. The van der Waals surface area contributed by atoms with E-state index in [2.05, 4.69) is 37.9 Å². The van der Waals surface area contributed by atoms with E-state index < -0.39 is 0 Å². The highest BCUT2D eigenvalue weighted by Gasteiger charge is 2.18. The van der Waals surface area contributed by atoms with Gasteiger partial charge in [0.25, 0.3) is 0 Å². The molecule has 0 heterocycles. The third kappa shape index (κ3) is 5.59. The standard InChI is InChI=1S/C17H29FN2/c1-13(2)10-20(11-14(3)4)12-17(19-5)15-8-6-7-9-16(15)18/h6-9,13-14,17,19H,10-12H2,1-5H3. The van der Waals surface area contributed by atoms with Crippen LogP contribution >= 0.6 is 0 Å². The second-order valence-corrected chi connectivity index (χ2v) is 6.37. The number of nitrogens with zero attached hydrogens (tertiary/aromatic N) is 1. The highest BCUT2D eigenvalue weighted by molar-refractivity contribution is 5.21. The zero-order valence-electron chi connectivity index (χ0n) is 13.5. The molecule has 0 aliphatic rings. The predicted molar refractivity (Wildman–Crippen MR) is 84.3 cm³/mol. The van der Waals surface area contributed by atoms with Crippen LogP contribution in [0.1, 0.15) is 39.3 Å².